The number of benzene rings is 1. The van der Waals surface area contributed by atoms with Crippen LogP contribution in [0.15, 0.2) is 36.4 Å². The fourth-order valence-corrected chi connectivity index (χ4v) is 1.45. The lowest BCUT2D eigenvalue weighted by Gasteiger charge is -2.06. The number of carbonyl (C=O) groups is 1. The third-order valence-corrected chi connectivity index (χ3v) is 2.30. The van der Waals surface area contributed by atoms with Gasteiger partial charge in [-0.05, 0) is 31.2 Å². The van der Waals surface area contributed by atoms with Crippen molar-refractivity contribution in [2.45, 2.75) is 6.92 Å². The molecule has 0 saturated heterocycles. The van der Waals surface area contributed by atoms with Gasteiger partial charge >= 0.3 is 0 Å². The number of rotatable bonds is 2. The minimum absolute atomic E-state index is 0.152. The van der Waals surface area contributed by atoms with E-state index in [1.807, 2.05) is 0 Å². The highest BCUT2D eigenvalue weighted by atomic mass is 19.1. The second-order valence-electron chi connectivity index (χ2n) is 3.74. The van der Waals surface area contributed by atoms with Crippen LogP contribution >= 0.6 is 0 Å². The Bertz CT molecular complexity index is 599. The second kappa shape index (κ2) is 4.91. The molecular weight excluding hydrogens is 238 g/mol. The van der Waals surface area contributed by atoms with Gasteiger partial charge in [0.15, 0.2) is 0 Å². The SMILES string of the molecule is Cc1cccc(C(=O)Nc2cc(F)ccc2F)n1. The van der Waals surface area contributed by atoms with E-state index >= 15 is 0 Å². The van der Waals surface area contributed by atoms with Crippen LogP contribution in [0.4, 0.5) is 14.5 Å². The van der Waals surface area contributed by atoms with Crippen molar-refractivity contribution in [1.29, 1.82) is 0 Å². The van der Waals surface area contributed by atoms with Crippen LogP contribution in [0.1, 0.15) is 16.2 Å². The molecule has 92 valence electrons. The standard InChI is InChI=1S/C13H10F2N2O/c1-8-3-2-4-11(16-8)13(18)17-12-7-9(14)5-6-10(12)15/h2-7H,1H3,(H,17,18). The highest BCUT2D eigenvalue weighted by Gasteiger charge is 2.11. The number of halogens is 2. The van der Waals surface area contributed by atoms with Gasteiger partial charge in [0.1, 0.15) is 17.3 Å². The summed E-state index contributed by atoms with van der Waals surface area (Å²) in [5.41, 5.74) is 0.615. The van der Waals surface area contributed by atoms with Crippen LogP contribution in [0.5, 0.6) is 0 Å². The van der Waals surface area contributed by atoms with E-state index < -0.39 is 17.5 Å². The molecule has 0 radical (unpaired) electrons. The molecule has 0 spiro atoms. The maximum absolute atomic E-state index is 13.3. The smallest absolute Gasteiger partial charge is 0.274 e. The number of hydrogen-bond acceptors (Lipinski definition) is 2. The first-order valence-electron chi connectivity index (χ1n) is 5.26. The van der Waals surface area contributed by atoms with Crippen LogP contribution in [0, 0.1) is 18.6 Å². The largest absolute Gasteiger partial charge is 0.318 e. The van der Waals surface area contributed by atoms with Crippen molar-refractivity contribution in [1.82, 2.24) is 4.98 Å². The van der Waals surface area contributed by atoms with Crippen molar-refractivity contribution < 1.29 is 13.6 Å². The Labute approximate surface area is 102 Å². The Morgan fingerprint density at radius 1 is 1.22 bits per heavy atom. The first-order chi connectivity index (χ1) is 8.56. The molecule has 0 aliphatic carbocycles. The quantitative estimate of drug-likeness (QED) is 0.887. The van der Waals surface area contributed by atoms with E-state index in [2.05, 4.69) is 10.3 Å². The lowest BCUT2D eigenvalue weighted by atomic mass is 10.2. The third-order valence-electron chi connectivity index (χ3n) is 2.30. The van der Waals surface area contributed by atoms with E-state index in [0.29, 0.717) is 5.69 Å². The molecule has 1 aromatic carbocycles. The zero-order chi connectivity index (χ0) is 13.1. The maximum Gasteiger partial charge on any atom is 0.274 e. The van der Waals surface area contributed by atoms with Gasteiger partial charge in [-0.1, -0.05) is 6.07 Å². The fourth-order valence-electron chi connectivity index (χ4n) is 1.45. The number of pyridine rings is 1. The van der Waals surface area contributed by atoms with Gasteiger partial charge in [0.2, 0.25) is 0 Å². The summed E-state index contributed by atoms with van der Waals surface area (Å²) in [7, 11) is 0. The average molecular weight is 248 g/mol. The summed E-state index contributed by atoms with van der Waals surface area (Å²) in [6.07, 6.45) is 0. The number of nitrogens with one attached hydrogen (secondary N) is 1. The monoisotopic (exact) mass is 248 g/mol. The molecule has 1 aromatic heterocycles. The van der Waals surface area contributed by atoms with Crippen LogP contribution in [-0.4, -0.2) is 10.9 Å². The highest BCUT2D eigenvalue weighted by molar-refractivity contribution is 6.02. The predicted molar refractivity (Wildman–Crippen MR) is 63.3 cm³/mol. The van der Waals surface area contributed by atoms with Gasteiger partial charge in [-0.3, -0.25) is 4.79 Å². The van der Waals surface area contributed by atoms with Crippen molar-refractivity contribution in [3.8, 4) is 0 Å². The minimum Gasteiger partial charge on any atom is -0.318 e. The van der Waals surface area contributed by atoms with Gasteiger partial charge in [0.05, 0.1) is 5.69 Å². The molecule has 1 N–H and O–H groups in total. The van der Waals surface area contributed by atoms with Crippen molar-refractivity contribution in [3.63, 3.8) is 0 Å². The number of aryl methyl sites for hydroxylation is 1. The molecule has 5 heteroatoms. The number of hydrogen-bond donors (Lipinski definition) is 1. The molecule has 0 unspecified atom stereocenters. The lowest BCUT2D eigenvalue weighted by molar-refractivity contribution is 0.102. The first-order valence-corrected chi connectivity index (χ1v) is 5.26. The number of amides is 1. The topological polar surface area (TPSA) is 42.0 Å². The van der Waals surface area contributed by atoms with Crippen molar-refractivity contribution >= 4 is 11.6 Å². The summed E-state index contributed by atoms with van der Waals surface area (Å²) in [6.45, 7) is 1.74. The molecule has 18 heavy (non-hydrogen) atoms. The molecule has 2 aromatic rings. The van der Waals surface area contributed by atoms with Gasteiger partial charge in [0, 0.05) is 11.8 Å². The highest BCUT2D eigenvalue weighted by Crippen LogP contribution is 2.16. The molecule has 0 aliphatic rings. The molecule has 0 saturated carbocycles. The van der Waals surface area contributed by atoms with E-state index in [0.717, 1.165) is 18.2 Å². The normalized spacial score (nSPS) is 10.2. The van der Waals surface area contributed by atoms with E-state index in [4.69, 9.17) is 0 Å². The Morgan fingerprint density at radius 3 is 2.72 bits per heavy atom. The van der Waals surface area contributed by atoms with Crippen LogP contribution in [0.3, 0.4) is 0 Å². The maximum atomic E-state index is 13.3. The fraction of sp³-hybridized carbons (Fsp3) is 0.0769. The van der Waals surface area contributed by atoms with E-state index in [-0.39, 0.29) is 11.4 Å². The van der Waals surface area contributed by atoms with Crippen molar-refractivity contribution in [2.75, 3.05) is 5.32 Å². The Morgan fingerprint density at radius 2 is 2.00 bits per heavy atom. The van der Waals surface area contributed by atoms with Crippen molar-refractivity contribution in [2.24, 2.45) is 0 Å². The summed E-state index contributed by atoms with van der Waals surface area (Å²) in [5.74, 6) is -1.90. The third kappa shape index (κ3) is 2.68. The molecule has 2 rings (SSSR count). The van der Waals surface area contributed by atoms with Crippen LogP contribution in [0.2, 0.25) is 0 Å². The summed E-state index contributed by atoms with van der Waals surface area (Å²) in [6, 6.07) is 7.76. The molecule has 0 atom stereocenters. The Hall–Kier alpha value is -2.30. The number of anilines is 1. The Balaban J connectivity index is 2.24. The van der Waals surface area contributed by atoms with Crippen molar-refractivity contribution in [3.05, 3.63) is 59.4 Å². The zero-order valence-corrected chi connectivity index (χ0v) is 9.58. The first kappa shape index (κ1) is 12.2. The van der Waals surface area contributed by atoms with E-state index in [1.165, 1.54) is 6.07 Å². The van der Waals surface area contributed by atoms with Crippen LogP contribution < -0.4 is 5.32 Å². The predicted octanol–water partition coefficient (Wildman–Crippen LogP) is 2.92. The van der Waals surface area contributed by atoms with Gasteiger partial charge in [-0.25, -0.2) is 13.8 Å². The zero-order valence-electron chi connectivity index (χ0n) is 9.58. The molecule has 0 aliphatic heterocycles. The molecule has 0 bridgehead atoms. The van der Waals surface area contributed by atoms with Gasteiger partial charge in [-0.2, -0.15) is 0 Å². The number of nitrogens with zero attached hydrogens (tertiary/aromatic N) is 1. The summed E-state index contributed by atoms with van der Waals surface area (Å²) in [5, 5.41) is 2.28. The molecule has 1 amide bonds. The Kier molecular flexibility index (Phi) is 3.32. The summed E-state index contributed by atoms with van der Waals surface area (Å²) in [4.78, 5) is 15.8. The molecular formula is C13H10F2N2O. The van der Waals surface area contributed by atoms with Crippen LogP contribution in [-0.2, 0) is 0 Å². The summed E-state index contributed by atoms with van der Waals surface area (Å²) < 4.78 is 26.3. The molecule has 3 nitrogen and oxygen atoms in total. The molecule has 1 heterocycles. The number of aromatic nitrogens is 1. The second-order valence-corrected chi connectivity index (χ2v) is 3.74. The summed E-state index contributed by atoms with van der Waals surface area (Å²) >= 11 is 0. The minimum atomic E-state index is -0.697. The number of carbonyl (C=O) groups excluding carboxylic acids is 1. The average Bonchev–Trinajstić information content (AvgIpc) is 2.34. The van der Waals surface area contributed by atoms with Crippen LogP contribution in [0.25, 0.3) is 0 Å². The van der Waals surface area contributed by atoms with Gasteiger partial charge < -0.3 is 5.32 Å². The van der Waals surface area contributed by atoms with E-state index in [1.54, 1.807) is 19.1 Å². The van der Waals surface area contributed by atoms with Gasteiger partial charge in [0.25, 0.3) is 5.91 Å². The van der Waals surface area contributed by atoms with Gasteiger partial charge in [-0.15, -0.1) is 0 Å². The molecule has 0 fully saturated rings. The lowest BCUT2D eigenvalue weighted by Crippen LogP contribution is -2.15. The van der Waals surface area contributed by atoms with E-state index in [9.17, 15) is 13.6 Å².